The highest BCUT2D eigenvalue weighted by Gasteiger charge is 2.22. The fraction of sp³-hybridized carbons (Fsp3) is 0.235. The number of hydrogen-bond donors (Lipinski definition) is 0. The van der Waals surface area contributed by atoms with Gasteiger partial charge in [0, 0.05) is 11.0 Å². The van der Waals surface area contributed by atoms with Gasteiger partial charge in [0.05, 0.1) is 0 Å². The molecule has 0 unspecified atom stereocenters. The van der Waals surface area contributed by atoms with Crippen LogP contribution in [-0.4, -0.2) is 5.78 Å². The Bertz CT molecular complexity index is 536. The van der Waals surface area contributed by atoms with E-state index < -0.39 is 0 Å². The van der Waals surface area contributed by atoms with E-state index in [1.165, 1.54) is 11.1 Å². The Balaban J connectivity index is 2.39. The van der Waals surface area contributed by atoms with Crippen molar-refractivity contribution in [3.05, 3.63) is 71.3 Å². The molecule has 2 aromatic rings. The van der Waals surface area contributed by atoms with E-state index in [2.05, 4.69) is 38.1 Å². The van der Waals surface area contributed by atoms with Crippen LogP contribution in [0.4, 0.5) is 0 Å². The lowest BCUT2D eigenvalue weighted by molar-refractivity contribution is 0.101. The van der Waals surface area contributed by atoms with Crippen molar-refractivity contribution in [3.8, 4) is 0 Å². The fourth-order valence-corrected chi connectivity index (χ4v) is 2.14. The molecule has 0 spiro atoms. The SMILES string of the molecule is CC(=O)c1ccc(C(C)(C)c2ccccc2)cc1. The molecule has 0 atom stereocenters. The topological polar surface area (TPSA) is 17.1 Å². The first-order chi connectivity index (χ1) is 8.51. The summed E-state index contributed by atoms with van der Waals surface area (Å²) in [6.07, 6.45) is 0. The molecule has 0 aliphatic heterocycles. The minimum Gasteiger partial charge on any atom is -0.295 e. The van der Waals surface area contributed by atoms with Gasteiger partial charge >= 0.3 is 0 Å². The summed E-state index contributed by atoms with van der Waals surface area (Å²) in [7, 11) is 0. The van der Waals surface area contributed by atoms with Crippen LogP contribution in [0.25, 0.3) is 0 Å². The number of Topliss-reactive ketones (excluding diaryl/α,β-unsaturated/α-hetero) is 1. The Kier molecular flexibility index (Phi) is 3.33. The first-order valence-electron chi connectivity index (χ1n) is 6.19. The zero-order chi connectivity index (χ0) is 13.2. The normalized spacial score (nSPS) is 11.3. The van der Waals surface area contributed by atoms with Crippen LogP contribution in [0.5, 0.6) is 0 Å². The Morgan fingerprint density at radius 1 is 0.833 bits per heavy atom. The molecule has 1 nitrogen and oxygen atoms in total. The molecule has 0 aliphatic carbocycles. The third-order valence-electron chi connectivity index (χ3n) is 3.51. The molecule has 2 aromatic carbocycles. The predicted octanol–water partition coefficient (Wildman–Crippen LogP) is 4.22. The van der Waals surface area contributed by atoms with Crippen LogP contribution in [0, 0.1) is 0 Å². The smallest absolute Gasteiger partial charge is 0.159 e. The van der Waals surface area contributed by atoms with Crippen LogP contribution < -0.4 is 0 Å². The number of rotatable bonds is 3. The lowest BCUT2D eigenvalue weighted by Gasteiger charge is -2.26. The van der Waals surface area contributed by atoms with E-state index in [1.807, 2.05) is 30.3 Å². The highest BCUT2D eigenvalue weighted by molar-refractivity contribution is 5.94. The van der Waals surface area contributed by atoms with Gasteiger partial charge < -0.3 is 0 Å². The van der Waals surface area contributed by atoms with Crippen molar-refractivity contribution in [1.82, 2.24) is 0 Å². The average Bonchev–Trinajstić information content (AvgIpc) is 2.40. The van der Waals surface area contributed by atoms with Crippen molar-refractivity contribution in [2.45, 2.75) is 26.2 Å². The monoisotopic (exact) mass is 238 g/mol. The van der Waals surface area contributed by atoms with Gasteiger partial charge in [-0.15, -0.1) is 0 Å². The second kappa shape index (κ2) is 4.77. The predicted molar refractivity (Wildman–Crippen MR) is 75.0 cm³/mol. The highest BCUT2D eigenvalue weighted by Crippen LogP contribution is 2.31. The maximum absolute atomic E-state index is 11.3. The van der Waals surface area contributed by atoms with Crippen molar-refractivity contribution in [1.29, 1.82) is 0 Å². The standard InChI is InChI=1S/C17H18O/c1-13(18)14-9-11-16(12-10-14)17(2,3)15-7-5-4-6-8-15/h4-12H,1-3H3. The van der Waals surface area contributed by atoms with E-state index in [-0.39, 0.29) is 11.2 Å². The number of benzene rings is 2. The summed E-state index contributed by atoms with van der Waals surface area (Å²) in [5, 5.41) is 0. The van der Waals surface area contributed by atoms with Crippen molar-refractivity contribution in [2.75, 3.05) is 0 Å². The van der Waals surface area contributed by atoms with Gasteiger partial charge in [0.15, 0.2) is 5.78 Å². The largest absolute Gasteiger partial charge is 0.295 e. The number of carbonyl (C=O) groups is 1. The second-order valence-electron chi connectivity index (χ2n) is 5.12. The molecule has 0 bridgehead atoms. The van der Waals surface area contributed by atoms with Gasteiger partial charge in [-0.25, -0.2) is 0 Å². The van der Waals surface area contributed by atoms with E-state index >= 15 is 0 Å². The van der Waals surface area contributed by atoms with Gasteiger partial charge in [0.2, 0.25) is 0 Å². The van der Waals surface area contributed by atoms with E-state index in [1.54, 1.807) is 6.92 Å². The van der Waals surface area contributed by atoms with Gasteiger partial charge in [-0.1, -0.05) is 68.4 Å². The summed E-state index contributed by atoms with van der Waals surface area (Å²) in [4.78, 5) is 11.3. The van der Waals surface area contributed by atoms with Crippen LogP contribution in [0.3, 0.4) is 0 Å². The molecule has 0 saturated carbocycles. The molecule has 0 fully saturated rings. The number of hydrogen-bond acceptors (Lipinski definition) is 1. The molecule has 0 aliphatic rings. The van der Waals surface area contributed by atoms with Crippen molar-refractivity contribution in [2.24, 2.45) is 0 Å². The van der Waals surface area contributed by atoms with Crippen molar-refractivity contribution >= 4 is 5.78 Å². The van der Waals surface area contributed by atoms with Gasteiger partial charge in [-0.2, -0.15) is 0 Å². The molecule has 0 aromatic heterocycles. The summed E-state index contributed by atoms with van der Waals surface area (Å²) in [5.74, 6) is 0.110. The minimum absolute atomic E-state index is 0.0451. The second-order valence-corrected chi connectivity index (χ2v) is 5.12. The Hall–Kier alpha value is -1.89. The molecular formula is C17H18O. The van der Waals surface area contributed by atoms with E-state index in [0.29, 0.717) is 0 Å². The number of carbonyl (C=O) groups excluding carboxylic acids is 1. The van der Waals surface area contributed by atoms with E-state index in [0.717, 1.165) is 5.56 Å². The molecule has 0 amide bonds. The molecule has 2 rings (SSSR count). The third-order valence-corrected chi connectivity index (χ3v) is 3.51. The molecule has 18 heavy (non-hydrogen) atoms. The molecule has 1 heteroatoms. The van der Waals surface area contributed by atoms with E-state index in [4.69, 9.17) is 0 Å². The number of ketones is 1. The molecule has 0 radical (unpaired) electrons. The van der Waals surface area contributed by atoms with Crippen LogP contribution in [0.2, 0.25) is 0 Å². The van der Waals surface area contributed by atoms with Crippen LogP contribution in [0.1, 0.15) is 42.3 Å². The lowest BCUT2D eigenvalue weighted by atomic mass is 9.78. The third kappa shape index (κ3) is 2.35. The first-order valence-corrected chi connectivity index (χ1v) is 6.19. The first kappa shape index (κ1) is 12.6. The molecular weight excluding hydrogens is 220 g/mol. The van der Waals surface area contributed by atoms with Gasteiger partial charge in [0.1, 0.15) is 0 Å². The van der Waals surface area contributed by atoms with Crippen molar-refractivity contribution in [3.63, 3.8) is 0 Å². The van der Waals surface area contributed by atoms with Gasteiger partial charge in [-0.3, -0.25) is 4.79 Å². The zero-order valence-corrected chi connectivity index (χ0v) is 11.1. The molecule has 0 heterocycles. The van der Waals surface area contributed by atoms with Gasteiger partial charge in [-0.05, 0) is 18.1 Å². The summed E-state index contributed by atoms with van der Waals surface area (Å²) < 4.78 is 0. The fourth-order valence-electron chi connectivity index (χ4n) is 2.14. The molecule has 0 saturated heterocycles. The Morgan fingerprint density at radius 2 is 1.33 bits per heavy atom. The highest BCUT2D eigenvalue weighted by atomic mass is 16.1. The van der Waals surface area contributed by atoms with Crippen LogP contribution in [0.15, 0.2) is 54.6 Å². The quantitative estimate of drug-likeness (QED) is 0.732. The maximum atomic E-state index is 11.3. The molecule has 92 valence electrons. The average molecular weight is 238 g/mol. The Morgan fingerprint density at radius 3 is 1.83 bits per heavy atom. The zero-order valence-electron chi connectivity index (χ0n) is 11.1. The molecule has 0 N–H and O–H groups in total. The van der Waals surface area contributed by atoms with Crippen LogP contribution in [-0.2, 0) is 5.41 Å². The summed E-state index contributed by atoms with van der Waals surface area (Å²) in [6, 6.07) is 18.3. The van der Waals surface area contributed by atoms with E-state index in [9.17, 15) is 4.79 Å². The van der Waals surface area contributed by atoms with Crippen molar-refractivity contribution < 1.29 is 4.79 Å². The maximum Gasteiger partial charge on any atom is 0.159 e. The van der Waals surface area contributed by atoms with Crippen LogP contribution >= 0.6 is 0 Å². The summed E-state index contributed by atoms with van der Waals surface area (Å²) in [5.41, 5.74) is 3.22. The Labute approximate surface area is 108 Å². The lowest BCUT2D eigenvalue weighted by Crippen LogP contribution is -2.18. The summed E-state index contributed by atoms with van der Waals surface area (Å²) in [6.45, 7) is 5.99. The van der Waals surface area contributed by atoms with Gasteiger partial charge in [0.25, 0.3) is 0 Å². The summed E-state index contributed by atoms with van der Waals surface area (Å²) >= 11 is 0. The minimum atomic E-state index is -0.0451.